The lowest BCUT2D eigenvalue weighted by Crippen LogP contribution is -2.00. The van der Waals surface area contributed by atoms with Crippen LogP contribution >= 0.6 is 0 Å². The predicted molar refractivity (Wildman–Crippen MR) is 46.7 cm³/mol. The molecule has 0 amide bonds. The van der Waals surface area contributed by atoms with Crippen LogP contribution in [0.4, 0.5) is 0 Å². The van der Waals surface area contributed by atoms with Gasteiger partial charge in [-0.3, -0.25) is 0 Å². The van der Waals surface area contributed by atoms with Gasteiger partial charge >= 0.3 is 0 Å². The standard InChI is InChI=1S/C10H18/c1-6-9(2)7-8-10(3,4)5/h9H,6H2,1-5H3. The Bertz CT molecular complexity index is 138. The van der Waals surface area contributed by atoms with Crippen LogP contribution in [-0.4, -0.2) is 0 Å². The summed E-state index contributed by atoms with van der Waals surface area (Å²) in [6, 6.07) is 0. The van der Waals surface area contributed by atoms with E-state index in [1.807, 2.05) is 0 Å². The summed E-state index contributed by atoms with van der Waals surface area (Å²) in [5.41, 5.74) is 0.170. The minimum atomic E-state index is 0.170. The molecule has 58 valence electrons. The van der Waals surface area contributed by atoms with Gasteiger partial charge in [0.05, 0.1) is 0 Å². The van der Waals surface area contributed by atoms with Crippen molar-refractivity contribution in [1.29, 1.82) is 0 Å². The minimum Gasteiger partial charge on any atom is -0.0997 e. The van der Waals surface area contributed by atoms with Crippen molar-refractivity contribution in [3.8, 4) is 11.8 Å². The molecule has 0 nitrogen and oxygen atoms in total. The Kier molecular flexibility index (Phi) is 3.50. The normalized spacial score (nSPS) is 13.7. The van der Waals surface area contributed by atoms with Gasteiger partial charge in [-0.05, 0) is 27.2 Å². The second-order valence-electron chi connectivity index (χ2n) is 3.83. The molecule has 0 heterocycles. The van der Waals surface area contributed by atoms with Crippen LogP contribution in [0, 0.1) is 23.2 Å². The maximum atomic E-state index is 3.22. The molecule has 0 aliphatic heterocycles. The third-order valence-electron chi connectivity index (χ3n) is 1.31. The highest BCUT2D eigenvalue weighted by Gasteiger charge is 2.03. The fraction of sp³-hybridized carbons (Fsp3) is 0.800. The van der Waals surface area contributed by atoms with Crippen molar-refractivity contribution in [3.05, 3.63) is 0 Å². The van der Waals surface area contributed by atoms with E-state index in [0.717, 1.165) is 6.42 Å². The molecule has 0 fully saturated rings. The highest BCUT2D eigenvalue weighted by atomic mass is 14.1. The van der Waals surface area contributed by atoms with Crippen molar-refractivity contribution in [2.24, 2.45) is 11.3 Å². The van der Waals surface area contributed by atoms with Gasteiger partial charge in [-0.15, -0.1) is 0 Å². The molecule has 0 aliphatic rings. The molecule has 10 heavy (non-hydrogen) atoms. The molecule has 0 aromatic carbocycles. The van der Waals surface area contributed by atoms with E-state index in [1.54, 1.807) is 0 Å². The van der Waals surface area contributed by atoms with E-state index in [-0.39, 0.29) is 5.41 Å². The Morgan fingerprint density at radius 1 is 1.30 bits per heavy atom. The predicted octanol–water partition coefficient (Wildman–Crippen LogP) is 3.08. The summed E-state index contributed by atoms with van der Waals surface area (Å²) in [6.45, 7) is 10.8. The molecular weight excluding hydrogens is 120 g/mol. The van der Waals surface area contributed by atoms with Crippen LogP contribution in [0.15, 0.2) is 0 Å². The molecule has 0 spiro atoms. The van der Waals surface area contributed by atoms with Gasteiger partial charge in [0.15, 0.2) is 0 Å². The Balaban J connectivity index is 3.91. The molecule has 0 aliphatic carbocycles. The zero-order chi connectivity index (χ0) is 8.20. The number of hydrogen-bond acceptors (Lipinski definition) is 0. The van der Waals surface area contributed by atoms with E-state index in [4.69, 9.17) is 0 Å². The van der Waals surface area contributed by atoms with E-state index in [1.165, 1.54) is 0 Å². The number of rotatable bonds is 1. The maximum Gasteiger partial charge on any atom is 0.0230 e. The first-order chi connectivity index (χ1) is 4.45. The van der Waals surface area contributed by atoms with Crippen molar-refractivity contribution in [3.63, 3.8) is 0 Å². The lowest BCUT2D eigenvalue weighted by atomic mass is 9.96. The topological polar surface area (TPSA) is 0 Å². The van der Waals surface area contributed by atoms with Gasteiger partial charge in [0.2, 0.25) is 0 Å². The SMILES string of the molecule is CCC(C)C#CC(C)(C)C. The number of hydrogen-bond donors (Lipinski definition) is 0. The Hall–Kier alpha value is -0.440. The van der Waals surface area contributed by atoms with Crippen molar-refractivity contribution in [1.82, 2.24) is 0 Å². The molecule has 0 saturated heterocycles. The molecule has 0 saturated carbocycles. The summed E-state index contributed by atoms with van der Waals surface area (Å²) >= 11 is 0. The summed E-state index contributed by atoms with van der Waals surface area (Å²) in [7, 11) is 0. The van der Waals surface area contributed by atoms with Gasteiger partial charge in [-0.1, -0.05) is 25.7 Å². The van der Waals surface area contributed by atoms with Crippen molar-refractivity contribution < 1.29 is 0 Å². The summed E-state index contributed by atoms with van der Waals surface area (Å²) in [5.74, 6) is 7.00. The Morgan fingerprint density at radius 3 is 2.10 bits per heavy atom. The first kappa shape index (κ1) is 9.56. The van der Waals surface area contributed by atoms with Crippen LogP contribution in [-0.2, 0) is 0 Å². The molecule has 1 atom stereocenters. The van der Waals surface area contributed by atoms with E-state index in [0.29, 0.717) is 5.92 Å². The smallest absolute Gasteiger partial charge is 0.0230 e. The zero-order valence-corrected chi connectivity index (χ0v) is 7.78. The van der Waals surface area contributed by atoms with Gasteiger partial charge in [0.1, 0.15) is 0 Å². The van der Waals surface area contributed by atoms with E-state index >= 15 is 0 Å². The van der Waals surface area contributed by atoms with Gasteiger partial charge in [0.25, 0.3) is 0 Å². The van der Waals surface area contributed by atoms with Crippen LogP contribution in [0.3, 0.4) is 0 Å². The fourth-order valence-corrected chi connectivity index (χ4v) is 0.442. The summed E-state index contributed by atoms with van der Waals surface area (Å²) in [4.78, 5) is 0. The molecule has 0 rings (SSSR count). The van der Waals surface area contributed by atoms with E-state index in [9.17, 15) is 0 Å². The quantitative estimate of drug-likeness (QED) is 0.488. The van der Waals surface area contributed by atoms with Crippen molar-refractivity contribution in [2.75, 3.05) is 0 Å². The van der Waals surface area contributed by atoms with Gasteiger partial charge in [-0.25, -0.2) is 0 Å². The fourth-order valence-electron chi connectivity index (χ4n) is 0.442. The Labute approximate surface area is 65.0 Å². The first-order valence-corrected chi connectivity index (χ1v) is 3.98. The second kappa shape index (κ2) is 3.66. The van der Waals surface area contributed by atoms with Crippen LogP contribution in [0.5, 0.6) is 0 Å². The van der Waals surface area contributed by atoms with Crippen LogP contribution < -0.4 is 0 Å². The molecule has 0 aromatic heterocycles. The highest BCUT2D eigenvalue weighted by Crippen LogP contribution is 2.11. The molecule has 0 heteroatoms. The summed E-state index contributed by atoms with van der Waals surface area (Å²) in [6.07, 6.45) is 1.16. The molecule has 0 radical (unpaired) electrons. The molecule has 0 aromatic rings. The third-order valence-corrected chi connectivity index (χ3v) is 1.31. The van der Waals surface area contributed by atoms with Gasteiger partial charge < -0.3 is 0 Å². The van der Waals surface area contributed by atoms with Gasteiger partial charge in [-0.2, -0.15) is 0 Å². The van der Waals surface area contributed by atoms with Crippen molar-refractivity contribution in [2.45, 2.75) is 41.0 Å². The Morgan fingerprint density at radius 2 is 1.80 bits per heavy atom. The maximum absolute atomic E-state index is 3.22. The van der Waals surface area contributed by atoms with E-state index < -0.39 is 0 Å². The second-order valence-corrected chi connectivity index (χ2v) is 3.83. The monoisotopic (exact) mass is 138 g/mol. The summed E-state index contributed by atoms with van der Waals surface area (Å²) in [5, 5.41) is 0. The lowest BCUT2D eigenvalue weighted by molar-refractivity contribution is 0.567. The average molecular weight is 138 g/mol. The van der Waals surface area contributed by atoms with Crippen LogP contribution in [0.25, 0.3) is 0 Å². The molecule has 0 N–H and O–H groups in total. The third kappa shape index (κ3) is 5.69. The van der Waals surface area contributed by atoms with Crippen LogP contribution in [0.2, 0.25) is 0 Å². The van der Waals surface area contributed by atoms with Crippen molar-refractivity contribution >= 4 is 0 Å². The first-order valence-electron chi connectivity index (χ1n) is 3.98. The van der Waals surface area contributed by atoms with Gasteiger partial charge in [0, 0.05) is 11.3 Å². The average Bonchev–Trinajstić information content (AvgIpc) is 1.81. The highest BCUT2D eigenvalue weighted by molar-refractivity contribution is 5.09. The zero-order valence-electron chi connectivity index (χ0n) is 7.78. The van der Waals surface area contributed by atoms with Crippen LogP contribution in [0.1, 0.15) is 41.0 Å². The molecule has 0 bridgehead atoms. The molecular formula is C10H18. The largest absolute Gasteiger partial charge is 0.0997 e. The van der Waals surface area contributed by atoms with E-state index in [2.05, 4.69) is 46.5 Å². The molecule has 1 unspecified atom stereocenters. The summed E-state index contributed by atoms with van der Waals surface area (Å²) < 4.78 is 0. The minimum absolute atomic E-state index is 0.170. The lowest BCUT2D eigenvalue weighted by Gasteiger charge is -2.07.